The highest BCUT2D eigenvalue weighted by Gasteiger charge is 2.29. The smallest absolute Gasteiger partial charge is 0.309 e. The zero-order chi connectivity index (χ0) is 14.6. The van der Waals surface area contributed by atoms with E-state index in [1.807, 2.05) is 20.8 Å². The Bertz CT molecular complexity index is 326. The molecule has 0 aromatic heterocycles. The second-order valence-corrected chi connectivity index (χ2v) is 6.37. The number of likely N-dealkylation sites (tertiary alicyclic amines) is 1. The fourth-order valence-electron chi connectivity index (χ4n) is 2.04. The molecular weight excluding hydrogens is 244 g/mol. The number of ether oxygens (including phenoxy) is 1. The minimum atomic E-state index is -0.422. The molecule has 110 valence electrons. The van der Waals surface area contributed by atoms with Crippen molar-refractivity contribution in [1.29, 1.82) is 0 Å². The summed E-state index contributed by atoms with van der Waals surface area (Å²) in [6, 6.07) is 0. The average Bonchev–Trinajstić information content (AvgIpc) is 2.27. The quantitative estimate of drug-likeness (QED) is 0.721. The monoisotopic (exact) mass is 270 g/mol. The van der Waals surface area contributed by atoms with Crippen LogP contribution in [0, 0.1) is 5.92 Å². The lowest BCUT2D eigenvalue weighted by Gasteiger charge is -2.32. The van der Waals surface area contributed by atoms with Gasteiger partial charge >= 0.3 is 5.97 Å². The van der Waals surface area contributed by atoms with Gasteiger partial charge in [-0.05, 0) is 46.7 Å². The van der Waals surface area contributed by atoms with Gasteiger partial charge in [0.25, 0.3) is 0 Å². The second kappa shape index (κ2) is 6.37. The number of carbonyl (C=O) groups is 2. The normalized spacial score (nSPS) is 18.2. The second-order valence-electron chi connectivity index (χ2n) is 6.37. The van der Waals surface area contributed by atoms with E-state index in [1.54, 1.807) is 19.0 Å². The number of esters is 1. The third kappa shape index (κ3) is 5.59. The molecule has 0 atom stereocenters. The van der Waals surface area contributed by atoms with E-state index in [4.69, 9.17) is 4.74 Å². The van der Waals surface area contributed by atoms with Gasteiger partial charge in [-0.3, -0.25) is 14.5 Å². The summed E-state index contributed by atoms with van der Waals surface area (Å²) in [6.45, 7) is 7.66. The Morgan fingerprint density at radius 3 is 2.16 bits per heavy atom. The number of rotatable bonds is 3. The zero-order valence-corrected chi connectivity index (χ0v) is 12.7. The largest absolute Gasteiger partial charge is 0.460 e. The molecule has 0 unspecified atom stereocenters. The van der Waals surface area contributed by atoms with E-state index in [1.165, 1.54) is 0 Å². The maximum Gasteiger partial charge on any atom is 0.309 e. The molecule has 1 rings (SSSR count). The van der Waals surface area contributed by atoms with Gasteiger partial charge in [-0.25, -0.2) is 0 Å². The number of hydrogen-bond acceptors (Lipinski definition) is 4. The van der Waals surface area contributed by atoms with Crippen molar-refractivity contribution < 1.29 is 14.3 Å². The van der Waals surface area contributed by atoms with Gasteiger partial charge in [0.2, 0.25) is 5.91 Å². The van der Waals surface area contributed by atoms with Crippen molar-refractivity contribution in [1.82, 2.24) is 9.80 Å². The van der Waals surface area contributed by atoms with E-state index in [-0.39, 0.29) is 17.8 Å². The molecule has 5 nitrogen and oxygen atoms in total. The summed E-state index contributed by atoms with van der Waals surface area (Å²) >= 11 is 0. The topological polar surface area (TPSA) is 49.9 Å². The van der Waals surface area contributed by atoms with Gasteiger partial charge in [0.15, 0.2) is 0 Å². The Hall–Kier alpha value is -1.10. The van der Waals surface area contributed by atoms with Crippen LogP contribution in [-0.2, 0) is 14.3 Å². The van der Waals surface area contributed by atoms with Crippen molar-refractivity contribution in [3.8, 4) is 0 Å². The Kier molecular flexibility index (Phi) is 5.35. The van der Waals surface area contributed by atoms with E-state index in [0.717, 1.165) is 25.9 Å². The fourth-order valence-corrected chi connectivity index (χ4v) is 2.04. The summed E-state index contributed by atoms with van der Waals surface area (Å²) < 4.78 is 5.40. The molecule has 1 aliphatic rings. The summed E-state index contributed by atoms with van der Waals surface area (Å²) in [5.41, 5.74) is -0.422. The number of carbonyl (C=O) groups excluding carboxylic acids is 2. The van der Waals surface area contributed by atoms with Gasteiger partial charge in [-0.1, -0.05) is 0 Å². The summed E-state index contributed by atoms with van der Waals surface area (Å²) in [5.74, 6) is -0.0215. The number of amides is 1. The SMILES string of the molecule is CN(C)C(=O)CN1CCC(C(=O)OC(C)(C)C)CC1. The molecule has 0 aromatic rings. The molecular formula is C14H26N2O3. The molecule has 0 spiro atoms. The van der Waals surface area contributed by atoms with Crippen molar-refractivity contribution in [3.63, 3.8) is 0 Å². The first-order valence-electron chi connectivity index (χ1n) is 6.84. The highest BCUT2D eigenvalue weighted by Crippen LogP contribution is 2.21. The van der Waals surface area contributed by atoms with Crippen LogP contribution in [0.1, 0.15) is 33.6 Å². The van der Waals surface area contributed by atoms with Crippen LogP contribution in [0.25, 0.3) is 0 Å². The number of hydrogen-bond donors (Lipinski definition) is 0. The third-order valence-corrected chi connectivity index (χ3v) is 3.19. The van der Waals surface area contributed by atoms with E-state index >= 15 is 0 Å². The van der Waals surface area contributed by atoms with Gasteiger partial charge in [0.05, 0.1) is 12.5 Å². The first kappa shape index (κ1) is 16.0. The molecule has 0 radical (unpaired) electrons. The Morgan fingerprint density at radius 2 is 1.74 bits per heavy atom. The lowest BCUT2D eigenvalue weighted by atomic mass is 9.96. The molecule has 1 heterocycles. The van der Waals surface area contributed by atoms with Crippen molar-refractivity contribution in [3.05, 3.63) is 0 Å². The van der Waals surface area contributed by atoms with Gasteiger partial charge < -0.3 is 9.64 Å². The van der Waals surface area contributed by atoms with Gasteiger partial charge in [-0.2, -0.15) is 0 Å². The van der Waals surface area contributed by atoms with Crippen LogP contribution in [0.2, 0.25) is 0 Å². The number of likely N-dealkylation sites (N-methyl/N-ethyl adjacent to an activating group) is 1. The van der Waals surface area contributed by atoms with E-state index < -0.39 is 5.60 Å². The minimum absolute atomic E-state index is 0.0232. The summed E-state index contributed by atoms with van der Waals surface area (Å²) in [7, 11) is 3.52. The molecule has 1 aliphatic heterocycles. The molecule has 1 saturated heterocycles. The van der Waals surface area contributed by atoms with Crippen LogP contribution in [0.3, 0.4) is 0 Å². The first-order valence-corrected chi connectivity index (χ1v) is 6.84. The van der Waals surface area contributed by atoms with Crippen molar-refractivity contribution in [2.24, 2.45) is 5.92 Å². The maximum atomic E-state index is 11.9. The molecule has 5 heteroatoms. The molecule has 19 heavy (non-hydrogen) atoms. The molecule has 0 bridgehead atoms. The van der Waals surface area contributed by atoms with Gasteiger partial charge in [0.1, 0.15) is 5.60 Å². The lowest BCUT2D eigenvalue weighted by molar-refractivity contribution is -0.161. The van der Waals surface area contributed by atoms with Crippen LogP contribution >= 0.6 is 0 Å². The van der Waals surface area contributed by atoms with Crippen molar-refractivity contribution >= 4 is 11.9 Å². The first-order chi connectivity index (χ1) is 8.69. The molecule has 1 amide bonds. The predicted molar refractivity (Wildman–Crippen MR) is 73.7 cm³/mol. The van der Waals surface area contributed by atoms with Crippen molar-refractivity contribution in [2.45, 2.75) is 39.2 Å². The Morgan fingerprint density at radius 1 is 1.21 bits per heavy atom. The number of piperidine rings is 1. The van der Waals surface area contributed by atoms with E-state index in [2.05, 4.69) is 4.90 Å². The average molecular weight is 270 g/mol. The van der Waals surface area contributed by atoms with Crippen LogP contribution in [-0.4, -0.2) is 61.0 Å². The molecule has 0 saturated carbocycles. The molecule has 0 aromatic carbocycles. The number of nitrogens with zero attached hydrogens (tertiary/aromatic N) is 2. The molecule has 1 fully saturated rings. The zero-order valence-electron chi connectivity index (χ0n) is 12.7. The predicted octanol–water partition coefficient (Wildman–Crippen LogP) is 1.13. The molecule has 0 N–H and O–H groups in total. The standard InChI is InChI=1S/C14H26N2O3/c1-14(2,3)19-13(18)11-6-8-16(9-7-11)10-12(17)15(4)5/h11H,6-10H2,1-5H3. The van der Waals surface area contributed by atoms with Crippen LogP contribution in [0.4, 0.5) is 0 Å². The highest BCUT2D eigenvalue weighted by molar-refractivity contribution is 5.77. The Balaban J connectivity index is 2.37. The maximum absolute atomic E-state index is 11.9. The highest BCUT2D eigenvalue weighted by atomic mass is 16.6. The van der Waals surface area contributed by atoms with E-state index in [9.17, 15) is 9.59 Å². The fraction of sp³-hybridized carbons (Fsp3) is 0.857. The third-order valence-electron chi connectivity index (χ3n) is 3.19. The van der Waals surface area contributed by atoms with Crippen LogP contribution in [0.15, 0.2) is 0 Å². The van der Waals surface area contributed by atoms with Crippen LogP contribution < -0.4 is 0 Å². The summed E-state index contributed by atoms with van der Waals surface area (Å²) in [4.78, 5) is 27.2. The summed E-state index contributed by atoms with van der Waals surface area (Å²) in [5, 5.41) is 0. The minimum Gasteiger partial charge on any atom is -0.460 e. The van der Waals surface area contributed by atoms with Gasteiger partial charge in [-0.15, -0.1) is 0 Å². The lowest BCUT2D eigenvalue weighted by Crippen LogP contribution is -2.43. The molecule has 0 aliphatic carbocycles. The van der Waals surface area contributed by atoms with E-state index in [0.29, 0.717) is 6.54 Å². The van der Waals surface area contributed by atoms with Crippen molar-refractivity contribution in [2.75, 3.05) is 33.7 Å². The summed E-state index contributed by atoms with van der Waals surface area (Å²) in [6.07, 6.45) is 1.55. The Labute approximate surface area is 115 Å². The van der Waals surface area contributed by atoms with Gasteiger partial charge in [0, 0.05) is 14.1 Å². The van der Waals surface area contributed by atoms with Crippen LogP contribution in [0.5, 0.6) is 0 Å².